The topological polar surface area (TPSA) is 55.3 Å². The molecule has 0 aromatic carbocycles. The van der Waals surface area contributed by atoms with Gasteiger partial charge in [-0.2, -0.15) is 4.39 Å². The monoisotopic (exact) mass is 273 g/mol. The van der Waals surface area contributed by atoms with Gasteiger partial charge in [0.1, 0.15) is 6.33 Å². The Morgan fingerprint density at radius 1 is 1.50 bits per heavy atom. The lowest BCUT2D eigenvalue weighted by Gasteiger charge is -2.31. The molecule has 7 heteroatoms. The average molecular weight is 274 g/mol. The van der Waals surface area contributed by atoms with E-state index >= 15 is 0 Å². The Morgan fingerprint density at radius 3 is 2.78 bits per heavy atom. The smallest absolute Gasteiger partial charge is 0.308 e. The first-order valence-electron chi connectivity index (χ1n) is 5.62. The third kappa shape index (κ3) is 2.53. The lowest BCUT2D eigenvalue weighted by molar-refractivity contribution is -0.146. The van der Waals surface area contributed by atoms with Crippen molar-refractivity contribution < 1.29 is 13.9 Å². The number of carbonyl (C=O) groups is 1. The Labute approximate surface area is 109 Å². The first-order chi connectivity index (χ1) is 8.63. The van der Waals surface area contributed by atoms with Gasteiger partial charge in [0.2, 0.25) is 5.82 Å². The molecule has 0 amide bonds. The van der Waals surface area contributed by atoms with E-state index in [9.17, 15) is 9.18 Å². The lowest BCUT2D eigenvalue weighted by Crippen LogP contribution is -2.37. The molecular formula is C11H13ClFN3O2. The Hall–Kier alpha value is -1.43. The first-order valence-corrected chi connectivity index (χ1v) is 6.00. The van der Waals surface area contributed by atoms with E-state index in [2.05, 4.69) is 9.97 Å². The van der Waals surface area contributed by atoms with Gasteiger partial charge in [0.05, 0.1) is 13.0 Å². The first kappa shape index (κ1) is 13.0. The number of methoxy groups -OCH3 is 1. The second-order valence-corrected chi connectivity index (χ2v) is 4.44. The maximum Gasteiger partial charge on any atom is 0.308 e. The Bertz CT molecular complexity index is 450. The van der Waals surface area contributed by atoms with E-state index in [0.29, 0.717) is 25.9 Å². The number of halogens is 2. The Balaban J connectivity index is 2.06. The molecule has 0 aliphatic carbocycles. The number of piperidine rings is 1. The summed E-state index contributed by atoms with van der Waals surface area (Å²) < 4.78 is 18.4. The summed E-state index contributed by atoms with van der Waals surface area (Å²) in [6.45, 7) is 1.09. The van der Waals surface area contributed by atoms with Gasteiger partial charge < -0.3 is 9.64 Å². The van der Waals surface area contributed by atoms with Crippen LogP contribution < -0.4 is 4.90 Å². The van der Waals surface area contributed by atoms with E-state index in [1.165, 1.54) is 13.4 Å². The largest absolute Gasteiger partial charge is 0.469 e. The predicted molar refractivity (Wildman–Crippen MR) is 64.0 cm³/mol. The van der Waals surface area contributed by atoms with E-state index < -0.39 is 5.82 Å². The van der Waals surface area contributed by atoms with Gasteiger partial charge in [0, 0.05) is 13.1 Å². The van der Waals surface area contributed by atoms with Crippen molar-refractivity contribution in [2.24, 2.45) is 5.92 Å². The van der Waals surface area contributed by atoms with E-state index in [4.69, 9.17) is 16.3 Å². The molecule has 0 spiro atoms. The fourth-order valence-electron chi connectivity index (χ4n) is 2.05. The molecule has 1 aliphatic rings. The van der Waals surface area contributed by atoms with Gasteiger partial charge in [-0.1, -0.05) is 11.6 Å². The summed E-state index contributed by atoms with van der Waals surface area (Å²) in [5.74, 6) is -0.753. The van der Waals surface area contributed by atoms with Crippen molar-refractivity contribution in [2.45, 2.75) is 12.8 Å². The molecular weight excluding hydrogens is 261 g/mol. The van der Waals surface area contributed by atoms with Crippen molar-refractivity contribution in [1.82, 2.24) is 9.97 Å². The number of aromatic nitrogens is 2. The summed E-state index contributed by atoms with van der Waals surface area (Å²) in [6, 6.07) is 0. The SMILES string of the molecule is COC(=O)C1CCN(c2ncnc(Cl)c2F)CC1. The van der Waals surface area contributed by atoms with Crippen LogP contribution in [0.25, 0.3) is 0 Å². The highest BCUT2D eigenvalue weighted by molar-refractivity contribution is 6.29. The number of anilines is 1. The minimum Gasteiger partial charge on any atom is -0.469 e. The van der Waals surface area contributed by atoms with Crippen LogP contribution in [0.15, 0.2) is 6.33 Å². The molecule has 18 heavy (non-hydrogen) atoms. The number of hydrogen-bond acceptors (Lipinski definition) is 5. The number of carbonyl (C=O) groups excluding carboxylic acids is 1. The summed E-state index contributed by atoms with van der Waals surface area (Å²) in [4.78, 5) is 20.6. The molecule has 1 aromatic rings. The van der Waals surface area contributed by atoms with Gasteiger partial charge in [0.25, 0.3) is 0 Å². The van der Waals surface area contributed by atoms with Gasteiger partial charge >= 0.3 is 5.97 Å². The molecule has 1 saturated heterocycles. The highest BCUT2D eigenvalue weighted by atomic mass is 35.5. The summed E-state index contributed by atoms with van der Waals surface area (Å²) in [5, 5.41) is -0.185. The summed E-state index contributed by atoms with van der Waals surface area (Å²) >= 11 is 5.61. The molecule has 2 rings (SSSR count). The molecule has 0 atom stereocenters. The van der Waals surface area contributed by atoms with E-state index in [1.807, 2.05) is 0 Å². The molecule has 0 radical (unpaired) electrons. The third-order valence-electron chi connectivity index (χ3n) is 3.06. The predicted octanol–water partition coefficient (Wildman–Crippen LogP) is 1.66. The van der Waals surface area contributed by atoms with Crippen LogP contribution in [0.3, 0.4) is 0 Å². The minimum absolute atomic E-state index is 0.119. The second-order valence-electron chi connectivity index (χ2n) is 4.09. The van der Waals surface area contributed by atoms with Crippen LogP contribution in [0.4, 0.5) is 10.2 Å². The number of nitrogens with zero attached hydrogens (tertiary/aromatic N) is 3. The lowest BCUT2D eigenvalue weighted by atomic mass is 9.97. The maximum absolute atomic E-state index is 13.7. The zero-order valence-corrected chi connectivity index (χ0v) is 10.7. The van der Waals surface area contributed by atoms with Crippen LogP contribution >= 0.6 is 11.6 Å². The van der Waals surface area contributed by atoms with Crippen molar-refractivity contribution in [2.75, 3.05) is 25.1 Å². The van der Waals surface area contributed by atoms with Crippen molar-refractivity contribution in [3.63, 3.8) is 0 Å². The fraction of sp³-hybridized carbons (Fsp3) is 0.545. The van der Waals surface area contributed by atoms with Crippen molar-refractivity contribution in [3.05, 3.63) is 17.3 Å². The van der Waals surface area contributed by atoms with Crippen LogP contribution in [0, 0.1) is 11.7 Å². The zero-order chi connectivity index (χ0) is 13.1. The molecule has 2 heterocycles. The molecule has 0 unspecified atom stereocenters. The van der Waals surface area contributed by atoms with Gasteiger partial charge in [-0.15, -0.1) is 0 Å². The highest BCUT2D eigenvalue weighted by Crippen LogP contribution is 2.26. The van der Waals surface area contributed by atoms with Gasteiger partial charge in [-0.05, 0) is 12.8 Å². The summed E-state index contributed by atoms with van der Waals surface area (Å²) in [5.41, 5.74) is 0. The summed E-state index contributed by atoms with van der Waals surface area (Å²) in [7, 11) is 1.37. The molecule has 98 valence electrons. The van der Waals surface area contributed by atoms with Gasteiger partial charge in [0.15, 0.2) is 11.0 Å². The van der Waals surface area contributed by atoms with E-state index in [-0.39, 0.29) is 22.9 Å². The quantitative estimate of drug-likeness (QED) is 0.606. The Kier molecular flexibility index (Phi) is 3.96. The van der Waals surface area contributed by atoms with Gasteiger partial charge in [-0.3, -0.25) is 4.79 Å². The summed E-state index contributed by atoms with van der Waals surface area (Å²) in [6.07, 6.45) is 2.47. The molecule has 0 N–H and O–H groups in total. The number of esters is 1. The molecule has 5 nitrogen and oxygen atoms in total. The molecule has 0 bridgehead atoms. The van der Waals surface area contributed by atoms with Crippen molar-refractivity contribution in [1.29, 1.82) is 0 Å². The zero-order valence-electron chi connectivity index (χ0n) is 9.90. The van der Waals surface area contributed by atoms with Gasteiger partial charge in [-0.25, -0.2) is 9.97 Å². The fourth-order valence-corrected chi connectivity index (χ4v) is 2.18. The third-order valence-corrected chi connectivity index (χ3v) is 3.32. The highest BCUT2D eigenvalue weighted by Gasteiger charge is 2.27. The van der Waals surface area contributed by atoms with Crippen LogP contribution in [0.2, 0.25) is 5.15 Å². The van der Waals surface area contributed by atoms with Crippen LogP contribution in [-0.2, 0) is 9.53 Å². The molecule has 1 fully saturated rings. The molecule has 1 aromatic heterocycles. The van der Waals surface area contributed by atoms with Crippen LogP contribution in [0.5, 0.6) is 0 Å². The minimum atomic E-state index is -0.615. The van der Waals surface area contributed by atoms with Crippen molar-refractivity contribution >= 4 is 23.4 Å². The normalized spacial score (nSPS) is 16.7. The average Bonchev–Trinajstić information content (AvgIpc) is 2.41. The maximum atomic E-state index is 13.7. The standard InChI is InChI=1S/C11H13ClFN3O2/c1-18-11(17)7-2-4-16(5-3-7)10-8(13)9(12)14-6-15-10/h6-7H,2-5H2,1H3. The second kappa shape index (κ2) is 5.48. The molecule has 0 saturated carbocycles. The van der Waals surface area contributed by atoms with Crippen molar-refractivity contribution in [3.8, 4) is 0 Å². The number of ether oxygens (including phenoxy) is 1. The van der Waals surface area contributed by atoms with E-state index in [0.717, 1.165) is 0 Å². The molecule has 1 aliphatic heterocycles. The van der Waals surface area contributed by atoms with E-state index in [1.54, 1.807) is 4.90 Å². The Morgan fingerprint density at radius 2 is 2.17 bits per heavy atom. The number of hydrogen-bond donors (Lipinski definition) is 0. The number of rotatable bonds is 2. The van der Waals surface area contributed by atoms with Crippen LogP contribution in [0.1, 0.15) is 12.8 Å². The van der Waals surface area contributed by atoms with Crippen LogP contribution in [-0.4, -0.2) is 36.1 Å².